The molecule has 1 saturated carbocycles. The Balaban J connectivity index is 2.32. The summed E-state index contributed by atoms with van der Waals surface area (Å²) in [5.74, 6) is -0.943. The molecule has 20 heavy (non-hydrogen) atoms. The summed E-state index contributed by atoms with van der Waals surface area (Å²) in [7, 11) is -3.88. The van der Waals surface area contributed by atoms with Crippen molar-refractivity contribution in [3.8, 4) is 0 Å². The fraction of sp³-hybridized carbons (Fsp3) is 0.417. The highest BCUT2D eigenvalue weighted by Gasteiger charge is 2.33. The summed E-state index contributed by atoms with van der Waals surface area (Å²) < 4.78 is 25.9. The third-order valence-corrected chi connectivity index (χ3v) is 5.55. The van der Waals surface area contributed by atoms with E-state index in [1.165, 1.54) is 18.2 Å². The molecule has 1 aliphatic rings. The van der Waals surface area contributed by atoms with Gasteiger partial charge >= 0.3 is 5.97 Å². The van der Waals surface area contributed by atoms with E-state index in [1.807, 2.05) is 0 Å². The quantitative estimate of drug-likeness (QED) is 0.865. The second-order valence-corrected chi connectivity index (χ2v) is 7.46. The summed E-state index contributed by atoms with van der Waals surface area (Å²) in [5, 5.41) is 9.24. The van der Waals surface area contributed by atoms with Crippen LogP contribution in [0.15, 0.2) is 23.1 Å². The van der Waals surface area contributed by atoms with Gasteiger partial charge in [-0.3, -0.25) is 4.79 Å². The topological polar surface area (TPSA) is 74.7 Å². The summed E-state index contributed by atoms with van der Waals surface area (Å²) >= 11 is 11.6. The van der Waals surface area contributed by atoms with Crippen LogP contribution in [0, 0.1) is 5.92 Å². The van der Waals surface area contributed by atoms with Gasteiger partial charge in [0.25, 0.3) is 0 Å². The van der Waals surface area contributed by atoms with Gasteiger partial charge in [0.2, 0.25) is 10.0 Å². The van der Waals surface area contributed by atoms with E-state index >= 15 is 0 Å². The van der Waals surface area contributed by atoms with Crippen LogP contribution in [-0.2, 0) is 14.8 Å². The van der Waals surface area contributed by atoms with Gasteiger partial charge in [0.1, 0.15) is 6.54 Å². The molecular formula is C12H13Cl2NO4S. The maximum atomic E-state index is 12.5. The summed E-state index contributed by atoms with van der Waals surface area (Å²) in [5.41, 5.74) is 0. The van der Waals surface area contributed by atoms with Gasteiger partial charge in [-0.15, -0.1) is 0 Å². The van der Waals surface area contributed by atoms with E-state index in [9.17, 15) is 13.2 Å². The van der Waals surface area contributed by atoms with E-state index in [0.29, 0.717) is 0 Å². The van der Waals surface area contributed by atoms with Crippen LogP contribution in [0.1, 0.15) is 12.8 Å². The average molecular weight is 338 g/mol. The van der Waals surface area contributed by atoms with E-state index in [0.717, 1.165) is 17.1 Å². The van der Waals surface area contributed by atoms with Crippen LogP contribution in [0.2, 0.25) is 10.0 Å². The Morgan fingerprint density at radius 3 is 2.45 bits per heavy atom. The second-order valence-electron chi connectivity index (χ2n) is 4.71. The van der Waals surface area contributed by atoms with Crippen LogP contribution in [0.3, 0.4) is 0 Å². The number of hydrogen-bond acceptors (Lipinski definition) is 3. The van der Waals surface area contributed by atoms with Crippen molar-refractivity contribution in [1.82, 2.24) is 4.31 Å². The molecule has 0 amide bonds. The van der Waals surface area contributed by atoms with Crippen molar-refractivity contribution in [2.24, 2.45) is 5.92 Å². The number of carboxylic acids is 1. The highest BCUT2D eigenvalue weighted by Crippen LogP contribution is 2.32. The zero-order chi connectivity index (χ0) is 14.9. The number of hydrogen-bond donors (Lipinski definition) is 1. The Morgan fingerprint density at radius 1 is 1.30 bits per heavy atom. The molecule has 0 unspecified atom stereocenters. The van der Waals surface area contributed by atoms with Crippen molar-refractivity contribution in [2.45, 2.75) is 17.7 Å². The Bertz CT molecular complexity index is 628. The average Bonchev–Trinajstić information content (AvgIpc) is 3.15. The molecule has 0 saturated heterocycles. The molecule has 0 aromatic heterocycles. The lowest BCUT2D eigenvalue weighted by Gasteiger charge is -2.20. The second kappa shape index (κ2) is 5.89. The number of carboxylic acid groups (broad SMARTS) is 1. The minimum Gasteiger partial charge on any atom is -0.480 e. The Kier molecular flexibility index (Phi) is 4.59. The Labute approximate surface area is 127 Å². The Morgan fingerprint density at radius 2 is 1.95 bits per heavy atom. The summed E-state index contributed by atoms with van der Waals surface area (Å²) in [6, 6.07) is 3.94. The molecule has 2 rings (SSSR count). The van der Waals surface area contributed by atoms with Crippen LogP contribution in [0.25, 0.3) is 0 Å². The minimum absolute atomic E-state index is 0.0474. The molecule has 110 valence electrons. The fourth-order valence-corrected chi connectivity index (χ4v) is 3.63. The van der Waals surface area contributed by atoms with Crippen molar-refractivity contribution in [3.63, 3.8) is 0 Å². The molecule has 0 radical (unpaired) electrons. The van der Waals surface area contributed by atoms with Gasteiger partial charge in [-0.1, -0.05) is 23.2 Å². The third-order valence-electron chi connectivity index (χ3n) is 3.00. The summed E-state index contributed by atoms with van der Waals surface area (Å²) in [6.45, 7) is -0.339. The first kappa shape index (κ1) is 15.6. The molecule has 8 heteroatoms. The van der Waals surface area contributed by atoms with Crippen LogP contribution < -0.4 is 0 Å². The number of halogens is 2. The van der Waals surface area contributed by atoms with Gasteiger partial charge in [-0.25, -0.2) is 8.42 Å². The first-order valence-electron chi connectivity index (χ1n) is 5.97. The van der Waals surface area contributed by atoms with Crippen LogP contribution in [0.5, 0.6) is 0 Å². The lowest BCUT2D eigenvalue weighted by Crippen LogP contribution is -2.37. The monoisotopic (exact) mass is 337 g/mol. The van der Waals surface area contributed by atoms with Gasteiger partial charge in [0.15, 0.2) is 0 Å². The molecule has 0 aliphatic heterocycles. The van der Waals surface area contributed by atoms with Crippen molar-refractivity contribution >= 4 is 39.2 Å². The van der Waals surface area contributed by atoms with Crippen molar-refractivity contribution < 1.29 is 18.3 Å². The van der Waals surface area contributed by atoms with E-state index in [1.54, 1.807) is 0 Å². The smallest absolute Gasteiger partial charge is 0.318 e. The standard InChI is InChI=1S/C12H13Cl2NO4S/c13-10-4-3-9(5-11(10)14)20(18,19)15(7-12(16)17)6-8-1-2-8/h3-5,8H,1-2,6-7H2,(H,16,17). The number of carbonyl (C=O) groups is 1. The summed E-state index contributed by atoms with van der Waals surface area (Å²) in [4.78, 5) is 10.8. The molecule has 0 atom stereocenters. The third kappa shape index (κ3) is 3.63. The number of sulfonamides is 1. The summed E-state index contributed by atoms with van der Waals surface area (Å²) in [6.07, 6.45) is 1.85. The molecule has 1 fully saturated rings. The molecule has 1 N–H and O–H groups in total. The predicted molar refractivity (Wildman–Crippen MR) is 75.6 cm³/mol. The predicted octanol–water partition coefficient (Wildman–Crippen LogP) is 2.48. The first-order valence-corrected chi connectivity index (χ1v) is 8.17. The zero-order valence-corrected chi connectivity index (χ0v) is 12.7. The maximum absolute atomic E-state index is 12.5. The van der Waals surface area contributed by atoms with Crippen molar-refractivity contribution in [1.29, 1.82) is 0 Å². The van der Waals surface area contributed by atoms with Gasteiger partial charge in [-0.05, 0) is 37.0 Å². The van der Waals surface area contributed by atoms with Crippen LogP contribution >= 0.6 is 23.2 Å². The highest BCUT2D eigenvalue weighted by atomic mass is 35.5. The lowest BCUT2D eigenvalue weighted by molar-refractivity contribution is -0.137. The molecule has 1 aromatic rings. The van der Waals surface area contributed by atoms with E-state index in [-0.39, 0.29) is 27.4 Å². The molecular weight excluding hydrogens is 325 g/mol. The van der Waals surface area contributed by atoms with Gasteiger partial charge < -0.3 is 5.11 Å². The number of nitrogens with zero attached hydrogens (tertiary/aromatic N) is 1. The molecule has 1 aromatic carbocycles. The zero-order valence-electron chi connectivity index (χ0n) is 10.4. The minimum atomic E-state index is -3.88. The van der Waals surface area contributed by atoms with Gasteiger partial charge in [0.05, 0.1) is 14.9 Å². The Hall–Kier alpha value is -0.820. The number of rotatable bonds is 6. The van der Waals surface area contributed by atoms with Crippen LogP contribution in [0.4, 0.5) is 0 Å². The largest absolute Gasteiger partial charge is 0.480 e. The number of aliphatic carboxylic acids is 1. The number of benzene rings is 1. The molecule has 5 nitrogen and oxygen atoms in total. The molecule has 0 spiro atoms. The normalized spacial score (nSPS) is 15.6. The van der Waals surface area contributed by atoms with Gasteiger partial charge in [0, 0.05) is 6.54 Å². The SMILES string of the molecule is O=C(O)CN(CC1CC1)S(=O)(=O)c1ccc(Cl)c(Cl)c1. The fourth-order valence-electron chi connectivity index (χ4n) is 1.77. The van der Waals surface area contributed by atoms with Crippen molar-refractivity contribution in [3.05, 3.63) is 28.2 Å². The van der Waals surface area contributed by atoms with E-state index in [4.69, 9.17) is 28.3 Å². The maximum Gasteiger partial charge on any atom is 0.318 e. The van der Waals surface area contributed by atoms with E-state index < -0.39 is 22.5 Å². The van der Waals surface area contributed by atoms with Crippen LogP contribution in [-0.4, -0.2) is 36.9 Å². The highest BCUT2D eigenvalue weighted by molar-refractivity contribution is 7.89. The van der Waals surface area contributed by atoms with Crippen molar-refractivity contribution in [2.75, 3.05) is 13.1 Å². The molecule has 1 aliphatic carbocycles. The molecule has 0 heterocycles. The molecule has 0 bridgehead atoms. The van der Waals surface area contributed by atoms with E-state index in [2.05, 4.69) is 0 Å². The van der Waals surface area contributed by atoms with Gasteiger partial charge in [-0.2, -0.15) is 4.31 Å². The first-order chi connectivity index (χ1) is 9.30. The lowest BCUT2D eigenvalue weighted by atomic mass is 10.4.